The fourth-order valence-electron chi connectivity index (χ4n) is 11.4. The van der Waals surface area contributed by atoms with Crippen molar-refractivity contribution < 1.29 is 28.5 Å². The summed E-state index contributed by atoms with van der Waals surface area (Å²) in [5, 5.41) is 0. The van der Waals surface area contributed by atoms with Gasteiger partial charge in [0, 0.05) is 46.4 Å². The number of benzene rings is 3. The highest BCUT2D eigenvalue weighted by Gasteiger charge is 2.62. The van der Waals surface area contributed by atoms with Crippen molar-refractivity contribution in [2.24, 2.45) is 23.7 Å². The molecule has 0 saturated carbocycles. The summed E-state index contributed by atoms with van der Waals surface area (Å²) in [6.07, 6.45) is 0.493. The zero-order valence-corrected chi connectivity index (χ0v) is 38.1. The fourth-order valence-corrected chi connectivity index (χ4v) is 11.4. The van der Waals surface area contributed by atoms with E-state index in [1.165, 1.54) is 16.7 Å². The van der Waals surface area contributed by atoms with E-state index in [0.29, 0.717) is 13.2 Å². The van der Waals surface area contributed by atoms with Crippen LogP contribution in [0.1, 0.15) is 91.1 Å². The van der Waals surface area contributed by atoms with Crippen LogP contribution in [0.5, 0.6) is 0 Å². The number of methoxy groups -OCH3 is 2. The highest BCUT2D eigenvalue weighted by molar-refractivity contribution is 5.73. The van der Waals surface area contributed by atoms with Crippen molar-refractivity contribution in [1.29, 1.82) is 0 Å². The van der Waals surface area contributed by atoms with Crippen LogP contribution in [-0.4, -0.2) is 121 Å². The quantitative estimate of drug-likeness (QED) is 0.159. The first kappa shape index (κ1) is 45.6. The van der Waals surface area contributed by atoms with Crippen LogP contribution in [-0.2, 0) is 25.4 Å². The van der Waals surface area contributed by atoms with Gasteiger partial charge in [-0.1, -0.05) is 146 Å². The first-order valence-corrected chi connectivity index (χ1v) is 22.3. The molecule has 4 aliphatic rings. The summed E-state index contributed by atoms with van der Waals surface area (Å²) < 4.78 is 23.7. The summed E-state index contributed by atoms with van der Waals surface area (Å²) in [4.78, 5) is 35.2. The number of carbonyl (C=O) groups excluding carboxylic acids is 2. The van der Waals surface area contributed by atoms with Gasteiger partial charge in [0.15, 0.2) is 0 Å². The van der Waals surface area contributed by atoms with E-state index in [1.54, 1.807) is 14.2 Å². The van der Waals surface area contributed by atoms with Gasteiger partial charge in [-0.15, -0.1) is 0 Å². The molecule has 3 aromatic rings. The Balaban J connectivity index is 0.000000205. The van der Waals surface area contributed by atoms with Crippen molar-refractivity contribution in [3.05, 3.63) is 108 Å². The van der Waals surface area contributed by atoms with Gasteiger partial charge in [-0.05, 0) is 53.7 Å². The van der Waals surface area contributed by atoms with Gasteiger partial charge in [0.25, 0.3) is 0 Å². The maximum atomic E-state index is 13.4. The second-order valence-electron chi connectivity index (χ2n) is 18.8. The van der Waals surface area contributed by atoms with Crippen molar-refractivity contribution in [2.75, 3.05) is 53.6 Å². The lowest BCUT2D eigenvalue weighted by Crippen LogP contribution is -2.65. The van der Waals surface area contributed by atoms with Crippen LogP contribution in [0.15, 0.2) is 91.0 Å². The molecule has 10 heteroatoms. The van der Waals surface area contributed by atoms with Gasteiger partial charge in [-0.2, -0.15) is 0 Å². The molecule has 0 bridgehead atoms. The van der Waals surface area contributed by atoms with Gasteiger partial charge in [0.05, 0.1) is 43.4 Å². The number of hydrogen-bond donors (Lipinski definition) is 0. The van der Waals surface area contributed by atoms with Crippen LogP contribution in [0.2, 0.25) is 0 Å². The van der Waals surface area contributed by atoms with Crippen molar-refractivity contribution in [3.8, 4) is 0 Å². The molecule has 0 aromatic heterocycles. The molecule has 0 N–H and O–H groups in total. The van der Waals surface area contributed by atoms with Crippen LogP contribution in [0.4, 0.5) is 9.59 Å². The summed E-state index contributed by atoms with van der Waals surface area (Å²) in [5.41, 5.74) is 2.77. The number of rotatable bonds is 14. The zero-order valence-electron chi connectivity index (χ0n) is 38.1. The molecule has 0 radical (unpaired) electrons. The molecule has 0 spiro atoms. The minimum Gasteiger partial charge on any atom is -0.440 e. The molecule has 4 saturated heterocycles. The Morgan fingerprint density at radius 1 is 0.567 bits per heavy atom. The Labute approximate surface area is 360 Å². The maximum absolute atomic E-state index is 13.4. The van der Waals surface area contributed by atoms with Crippen molar-refractivity contribution in [1.82, 2.24) is 19.6 Å². The largest absolute Gasteiger partial charge is 0.440 e. The Morgan fingerprint density at radius 3 is 1.37 bits per heavy atom. The first-order valence-electron chi connectivity index (χ1n) is 22.3. The molecular formula is C50H72N4O6. The highest BCUT2D eigenvalue weighted by atomic mass is 16.6. The molecular weight excluding hydrogens is 753 g/mol. The molecule has 6 atom stereocenters. The van der Waals surface area contributed by atoms with Gasteiger partial charge in [0.1, 0.15) is 11.2 Å². The number of cyclic esters (lactones) is 2. The van der Waals surface area contributed by atoms with Gasteiger partial charge in [-0.25, -0.2) is 9.59 Å². The average Bonchev–Trinajstić information content (AvgIpc) is 3.72. The Hall–Kier alpha value is -3.96. The number of carbonyl (C=O) groups is 2. The third kappa shape index (κ3) is 8.72. The third-order valence-corrected chi connectivity index (χ3v) is 14.1. The van der Waals surface area contributed by atoms with E-state index < -0.39 is 11.2 Å². The highest BCUT2D eigenvalue weighted by Crippen LogP contribution is 2.47. The molecule has 4 fully saturated rings. The van der Waals surface area contributed by atoms with E-state index in [-0.39, 0.29) is 72.1 Å². The second-order valence-corrected chi connectivity index (χ2v) is 18.8. The van der Waals surface area contributed by atoms with E-state index in [1.807, 2.05) is 17.0 Å². The zero-order chi connectivity index (χ0) is 43.4. The summed E-state index contributed by atoms with van der Waals surface area (Å²) in [6, 6.07) is 32.1. The Bertz CT molecular complexity index is 1810. The Kier molecular flexibility index (Phi) is 14.7. The average molecular weight is 825 g/mol. The predicted molar refractivity (Wildman–Crippen MR) is 238 cm³/mol. The topological polar surface area (TPSA) is 84.0 Å². The lowest BCUT2D eigenvalue weighted by molar-refractivity contribution is -0.0734. The molecule has 4 heterocycles. The SMILES string of the molecule is COC[C@@H](c1ccccc1)N1C[C@@H](C)N2C(=O)OC(C(C)C)(C(C)C)[C@@H]2C1.COC[C@@H](c1ccccc1)N1C[C@@H](Cc2ccccc2)N2C(=O)OC(C(C)C)(C(C)C)[C@@H]2C1. The van der Waals surface area contributed by atoms with Crippen LogP contribution in [0, 0.1) is 23.7 Å². The minimum atomic E-state index is -0.515. The molecule has 4 aliphatic heterocycles. The van der Waals surface area contributed by atoms with Gasteiger partial charge in [-0.3, -0.25) is 19.6 Å². The van der Waals surface area contributed by atoms with Gasteiger partial charge in [0.2, 0.25) is 0 Å². The van der Waals surface area contributed by atoms with Crippen LogP contribution in [0.3, 0.4) is 0 Å². The maximum Gasteiger partial charge on any atom is 0.411 e. The lowest BCUT2D eigenvalue weighted by atomic mass is 9.73. The molecule has 60 heavy (non-hydrogen) atoms. The number of nitrogens with zero attached hydrogens (tertiary/aromatic N) is 4. The van der Waals surface area contributed by atoms with E-state index in [2.05, 4.69) is 156 Å². The predicted octanol–water partition coefficient (Wildman–Crippen LogP) is 9.12. The lowest BCUT2D eigenvalue weighted by Gasteiger charge is -2.50. The molecule has 10 nitrogen and oxygen atoms in total. The standard InChI is InChI=1S/C28H38N2O3.C22H34N2O3/c1-20(2)28(21(3)4)26-18-29(25(19-32-5)23-14-10-7-11-15-23)17-24(30(26)27(31)33-28)16-22-12-8-6-9-13-22;1-15(2)22(16(3)4)20-13-23(12-17(5)24(20)21(25)27-22)19(14-26-6)18-10-8-7-9-11-18/h6-15,20-21,24-26H,16-19H2,1-5H3;7-11,15-17,19-20H,12-14H2,1-6H3/t24-,25+,26+;17-,19+,20+/m11/s1. The fraction of sp³-hybridized carbons (Fsp3) is 0.600. The number of fused-ring (bicyclic) bond motifs is 2. The van der Waals surface area contributed by atoms with E-state index in [9.17, 15) is 9.59 Å². The summed E-state index contributed by atoms with van der Waals surface area (Å²) >= 11 is 0. The first-order chi connectivity index (χ1) is 28.7. The monoisotopic (exact) mass is 825 g/mol. The van der Waals surface area contributed by atoms with E-state index >= 15 is 0 Å². The third-order valence-electron chi connectivity index (χ3n) is 14.1. The number of piperazine rings is 2. The van der Waals surface area contributed by atoms with Gasteiger partial charge < -0.3 is 18.9 Å². The number of amides is 2. The number of hydrogen-bond acceptors (Lipinski definition) is 8. The van der Waals surface area contributed by atoms with E-state index in [0.717, 1.165) is 32.6 Å². The van der Waals surface area contributed by atoms with Crippen molar-refractivity contribution >= 4 is 12.2 Å². The normalized spacial score (nSPS) is 24.9. The molecule has 0 aliphatic carbocycles. The smallest absolute Gasteiger partial charge is 0.411 e. The summed E-state index contributed by atoms with van der Waals surface area (Å²) in [6.45, 7) is 24.0. The van der Waals surface area contributed by atoms with Crippen LogP contribution in [0.25, 0.3) is 0 Å². The van der Waals surface area contributed by atoms with Crippen molar-refractivity contribution in [3.63, 3.8) is 0 Å². The molecule has 328 valence electrons. The molecule has 0 unspecified atom stereocenters. The molecule has 3 aromatic carbocycles. The molecule has 2 amide bonds. The van der Waals surface area contributed by atoms with Gasteiger partial charge >= 0.3 is 12.2 Å². The molecule has 7 rings (SSSR count). The number of ether oxygens (including phenoxy) is 4. The Morgan fingerprint density at radius 2 is 0.950 bits per heavy atom. The van der Waals surface area contributed by atoms with Crippen molar-refractivity contribution in [2.45, 2.75) is 116 Å². The summed E-state index contributed by atoms with van der Waals surface area (Å²) in [7, 11) is 3.52. The van der Waals surface area contributed by atoms with Crippen LogP contribution >= 0.6 is 0 Å². The van der Waals surface area contributed by atoms with Crippen LogP contribution < -0.4 is 0 Å². The summed E-state index contributed by atoms with van der Waals surface area (Å²) in [5.74, 6) is 0.931. The minimum absolute atomic E-state index is 0.00414. The van der Waals surface area contributed by atoms with E-state index in [4.69, 9.17) is 18.9 Å². The second kappa shape index (κ2) is 19.4.